The van der Waals surface area contributed by atoms with E-state index in [2.05, 4.69) is 9.98 Å². The van der Waals surface area contributed by atoms with E-state index in [1.807, 2.05) is 27.7 Å². The number of nitrogens with zero attached hydrogens (tertiary/aromatic N) is 2. The first-order valence-corrected chi connectivity index (χ1v) is 3.90. The zero-order valence-electron chi connectivity index (χ0n) is 7.66. The van der Waals surface area contributed by atoms with Crippen LogP contribution in [-0.2, 0) is 4.74 Å². The Bertz CT molecular complexity index is 150. The molecular formula is C8H16N2O. The van der Waals surface area contributed by atoms with E-state index in [4.69, 9.17) is 4.74 Å². The van der Waals surface area contributed by atoms with Crippen LogP contribution >= 0.6 is 0 Å². The maximum absolute atomic E-state index is 5.15. The summed E-state index contributed by atoms with van der Waals surface area (Å²) >= 11 is 0. The van der Waals surface area contributed by atoms with Gasteiger partial charge < -0.3 is 4.74 Å². The number of aliphatic imine (C=N–C) groups is 2. The molecule has 0 atom stereocenters. The third-order valence-corrected chi connectivity index (χ3v) is 0.882. The molecule has 0 aliphatic rings. The molecule has 0 radical (unpaired) electrons. The van der Waals surface area contributed by atoms with Gasteiger partial charge >= 0.3 is 6.02 Å². The van der Waals surface area contributed by atoms with Crippen LogP contribution in [0, 0.1) is 0 Å². The fourth-order valence-corrected chi connectivity index (χ4v) is 0.568. The smallest absolute Gasteiger partial charge is 0.311 e. The minimum atomic E-state index is 0.236. The molecule has 0 aliphatic carbocycles. The first-order chi connectivity index (χ1) is 5.20. The summed E-state index contributed by atoms with van der Waals surface area (Å²) in [6, 6.07) is 0.713. The molecule has 0 aromatic carbocycles. The molecule has 0 amide bonds. The topological polar surface area (TPSA) is 34.0 Å². The van der Waals surface area contributed by atoms with Crippen LogP contribution in [0.2, 0.25) is 0 Å². The molecular weight excluding hydrogens is 140 g/mol. The number of hydrogen-bond donors (Lipinski definition) is 0. The van der Waals surface area contributed by atoms with Crippen molar-refractivity contribution in [2.75, 3.05) is 6.61 Å². The summed E-state index contributed by atoms with van der Waals surface area (Å²) in [7, 11) is 0. The second-order valence-electron chi connectivity index (χ2n) is 2.33. The fraction of sp³-hybridized carbons (Fsp3) is 0.750. The van der Waals surface area contributed by atoms with Crippen molar-refractivity contribution in [3.8, 4) is 0 Å². The van der Waals surface area contributed by atoms with E-state index in [9.17, 15) is 0 Å². The molecule has 0 aromatic heterocycles. The quantitative estimate of drug-likeness (QED) is 0.444. The number of ether oxygens (including phenoxy) is 1. The van der Waals surface area contributed by atoms with E-state index in [0.29, 0.717) is 12.6 Å². The standard InChI is InChI=1S/C8H16N2O/c1-5-9-8(11-6-2)10-7(3)4/h5,7H,6H2,1-4H3. The van der Waals surface area contributed by atoms with Crippen LogP contribution in [0.4, 0.5) is 0 Å². The Morgan fingerprint density at radius 1 is 1.55 bits per heavy atom. The zero-order valence-corrected chi connectivity index (χ0v) is 7.66. The lowest BCUT2D eigenvalue weighted by Gasteiger charge is -2.02. The van der Waals surface area contributed by atoms with Gasteiger partial charge in [0.25, 0.3) is 0 Å². The predicted octanol–water partition coefficient (Wildman–Crippen LogP) is 1.88. The van der Waals surface area contributed by atoms with Crippen molar-refractivity contribution in [2.45, 2.75) is 33.7 Å². The summed E-state index contributed by atoms with van der Waals surface area (Å²) in [6.45, 7) is 8.35. The molecule has 0 aliphatic heterocycles. The van der Waals surface area contributed by atoms with E-state index in [1.165, 1.54) is 0 Å². The highest BCUT2D eigenvalue weighted by molar-refractivity contribution is 5.82. The second kappa shape index (κ2) is 5.89. The Kier molecular flexibility index (Phi) is 5.43. The lowest BCUT2D eigenvalue weighted by atomic mass is 10.4. The van der Waals surface area contributed by atoms with Crippen molar-refractivity contribution >= 4 is 12.2 Å². The summed E-state index contributed by atoms with van der Waals surface area (Å²) in [6.07, 6.45) is 1.68. The molecule has 0 fully saturated rings. The Hall–Kier alpha value is -0.860. The Labute approximate surface area is 68.2 Å². The van der Waals surface area contributed by atoms with Crippen LogP contribution in [-0.4, -0.2) is 24.9 Å². The Morgan fingerprint density at radius 2 is 2.18 bits per heavy atom. The average Bonchev–Trinajstić information content (AvgIpc) is 1.87. The largest absolute Gasteiger partial charge is 0.464 e. The van der Waals surface area contributed by atoms with Crippen LogP contribution in [0.25, 0.3) is 0 Å². The first-order valence-electron chi connectivity index (χ1n) is 3.90. The van der Waals surface area contributed by atoms with Crippen LogP contribution in [0.5, 0.6) is 0 Å². The highest BCUT2D eigenvalue weighted by Gasteiger charge is 1.95. The third-order valence-electron chi connectivity index (χ3n) is 0.882. The van der Waals surface area contributed by atoms with E-state index >= 15 is 0 Å². The maximum Gasteiger partial charge on any atom is 0.311 e. The van der Waals surface area contributed by atoms with Crippen molar-refractivity contribution < 1.29 is 4.74 Å². The van der Waals surface area contributed by atoms with E-state index in [0.717, 1.165) is 0 Å². The zero-order chi connectivity index (χ0) is 8.69. The van der Waals surface area contributed by atoms with Gasteiger partial charge in [0.2, 0.25) is 0 Å². The van der Waals surface area contributed by atoms with Gasteiger partial charge in [0.15, 0.2) is 0 Å². The predicted molar refractivity (Wildman–Crippen MR) is 48.4 cm³/mol. The van der Waals surface area contributed by atoms with Gasteiger partial charge in [-0.05, 0) is 27.7 Å². The van der Waals surface area contributed by atoms with E-state index in [-0.39, 0.29) is 6.04 Å². The number of hydrogen-bond acceptors (Lipinski definition) is 2. The summed E-state index contributed by atoms with van der Waals surface area (Å²) in [5.41, 5.74) is 0. The van der Waals surface area contributed by atoms with Crippen molar-refractivity contribution in [3.63, 3.8) is 0 Å². The molecule has 0 aromatic rings. The van der Waals surface area contributed by atoms with Crippen molar-refractivity contribution in [2.24, 2.45) is 9.98 Å². The average molecular weight is 156 g/mol. The van der Waals surface area contributed by atoms with Gasteiger partial charge in [0.05, 0.1) is 6.61 Å². The van der Waals surface area contributed by atoms with Gasteiger partial charge in [-0.15, -0.1) is 0 Å². The normalized spacial score (nSPS) is 13.0. The highest BCUT2D eigenvalue weighted by Crippen LogP contribution is 1.91. The minimum absolute atomic E-state index is 0.236. The van der Waals surface area contributed by atoms with Gasteiger partial charge in [-0.2, -0.15) is 0 Å². The van der Waals surface area contributed by atoms with E-state index in [1.54, 1.807) is 6.21 Å². The minimum Gasteiger partial charge on any atom is -0.464 e. The lowest BCUT2D eigenvalue weighted by Crippen LogP contribution is -2.05. The third kappa shape index (κ3) is 5.58. The van der Waals surface area contributed by atoms with Crippen LogP contribution in [0.3, 0.4) is 0 Å². The Morgan fingerprint density at radius 3 is 2.55 bits per heavy atom. The van der Waals surface area contributed by atoms with Crippen LogP contribution in [0.15, 0.2) is 9.98 Å². The van der Waals surface area contributed by atoms with E-state index < -0.39 is 0 Å². The molecule has 0 saturated heterocycles. The van der Waals surface area contributed by atoms with Gasteiger partial charge in [-0.3, -0.25) is 0 Å². The molecule has 3 heteroatoms. The lowest BCUT2D eigenvalue weighted by molar-refractivity contribution is 0.319. The van der Waals surface area contributed by atoms with Gasteiger partial charge in [0, 0.05) is 12.3 Å². The molecule has 0 spiro atoms. The summed E-state index contributed by atoms with van der Waals surface area (Å²) in [4.78, 5) is 8.11. The monoisotopic (exact) mass is 156 g/mol. The second-order valence-corrected chi connectivity index (χ2v) is 2.33. The summed E-state index contributed by atoms with van der Waals surface area (Å²) in [5, 5.41) is 0. The summed E-state index contributed by atoms with van der Waals surface area (Å²) < 4.78 is 5.15. The van der Waals surface area contributed by atoms with Gasteiger partial charge in [-0.25, -0.2) is 9.98 Å². The molecule has 0 N–H and O–H groups in total. The van der Waals surface area contributed by atoms with Crippen molar-refractivity contribution in [1.82, 2.24) is 0 Å². The molecule has 64 valence electrons. The molecule has 0 rings (SSSR count). The maximum atomic E-state index is 5.15. The van der Waals surface area contributed by atoms with Crippen LogP contribution in [0.1, 0.15) is 27.7 Å². The van der Waals surface area contributed by atoms with Crippen molar-refractivity contribution in [3.05, 3.63) is 0 Å². The van der Waals surface area contributed by atoms with Gasteiger partial charge in [-0.1, -0.05) is 0 Å². The number of rotatable bonds is 2. The van der Waals surface area contributed by atoms with Gasteiger partial charge in [0.1, 0.15) is 0 Å². The molecule has 0 unspecified atom stereocenters. The SMILES string of the molecule is CC=NC(=NC(C)C)OCC. The molecule has 11 heavy (non-hydrogen) atoms. The molecule has 0 heterocycles. The molecule has 0 bridgehead atoms. The summed E-state index contributed by atoms with van der Waals surface area (Å²) in [5.74, 6) is 0. The Balaban J connectivity index is 4.08. The first kappa shape index (κ1) is 10.1. The fourth-order valence-electron chi connectivity index (χ4n) is 0.568. The molecule has 3 nitrogen and oxygen atoms in total. The van der Waals surface area contributed by atoms with Crippen molar-refractivity contribution in [1.29, 1.82) is 0 Å². The van der Waals surface area contributed by atoms with Crippen LogP contribution < -0.4 is 0 Å². The highest BCUT2D eigenvalue weighted by atomic mass is 16.5. The molecule has 0 saturated carbocycles. The number of amidine groups is 1.